The molecular weight excluding hydrogens is 546 g/mol. The van der Waals surface area contributed by atoms with Crippen molar-refractivity contribution in [1.29, 1.82) is 0 Å². The lowest BCUT2D eigenvalue weighted by molar-refractivity contribution is -0.385. The van der Waals surface area contributed by atoms with Gasteiger partial charge in [0.15, 0.2) is 5.69 Å². The molecule has 0 saturated carbocycles. The molecule has 214 valence electrons. The summed E-state index contributed by atoms with van der Waals surface area (Å²) in [6.45, 7) is 2.68. The number of benzene rings is 2. The minimum atomic E-state index is -4.21. The number of nitrogens with zero attached hydrogens (tertiary/aromatic N) is 4. The summed E-state index contributed by atoms with van der Waals surface area (Å²) in [5.74, 6) is -0.0195. The number of hydrogen-bond acceptors (Lipinski definition) is 10. The van der Waals surface area contributed by atoms with Gasteiger partial charge >= 0.3 is 0 Å². The van der Waals surface area contributed by atoms with Crippen molar-refractivity contribution in [1.82, 2.24) is 19.4 Å². The molecule has 0 atom stereocenters. The average Bonchev–Trinajstić information content (AvgIpc) is 3.29. The van der Waals surface area contributed by atoms with Gasteiger partial charge in [0.2, 0.25) is 15.9 Å². The second-order valence-corrected chi connectivity index (χ2v) is 10.6. The molecule has 0 spiro atoms. The largest absolute Gasteiger partial charge is 0.497 e. The molecule has 15 heteroatoms. The van der Waals surface area contributed by atoms with Crippen LogP contribution < -0.4 is 14.8 Å². The zero-order valence-electron chi connectivity index (χ0n) is 22.2. The summed E-state index contributed by atoms with van der Waals surface area (Å²) in [4.78, 5) is 23.4. The molecule has 1 aliphatic heterocycles. The summed E-state index contributed by atoms with van der Waals surface area (Å²) < 4.78 is 51.4. The van der Waals surface area contributed by atoms with Crippen LogP contribution in [0, 0.1) is 17.0 Å². The van der Waals surface area contributed by atoms with Gasteiger partial charge in [-0.15, -0.1) is 0 Å². The maximum Gasteiger partial charge on any atom is 0.272 e. The fourth-order valence-corrected chi connectivity index (χ4v) is 5.53. The van der Waals surface area contributed by atoms with Crippen LogP contribution >= 0.6 is 0 Å². The van der Waals surface area contributed by atoms with E-state index in [0.717, 1.165) is 12.1 Å². The van der Waals surface area contributed by atoms with E-state index in [1.165, 1.54) is 29.3 Å². The Hall–Kier alpha value is -4.05. The van der Waals surface area contributed by atoms with Crippen LogP contribution in [0.5, 0.6) is 17.4 Å². The topological polar surface area (TPSA) is 164 Å². The van der Waals surface area contributed by atoms with Crippen molar-refractivity contribution in [3.63, 3.8) is 0 Å². The highest BCUT2D eigenvalue weighted by atomic mass is 32.2. The molecule has 1 N–H and O–H groups in total. The van der Waals surface area contributed by atoms with Gasteiger partial charge in [-0.2, -0.15) is 14.1 Å². The van der Waals surface area contributed by atoms with Crippen LogP contribution in [0.15, 0.2) is 47.4 Å². The molecule has 2 heterocycles. The summed E-state index contributed by atoms with van der Waals surface area (Å²) in [6, 6.07) is 10.1. The Labute approximate surface area is 230 Å². The Morgan fingerprint density at radius 1 is 1.15 bits per heavy atom. The van der Waals surface area contributed by atoms with Gasteiger partial charge in [0.1, 0.15) is 16.4 Å². The van der Waals surface area contributed by atoms with Gasteiger partial charge < -0.3 is 24.3 Å². The molecule has 40 heavy (non-hydrogen) atoms. The monoisotopic (exact) mass is 575 g/mol. The lowest BCUT2D eigenvalue weighted by Crippen LogP contribution is -2.40. The molecule has 4 rings (SSSR count). The molecule has 1 aromatic heterocycles. The number of ether oxygens (including phenoxy) is 4. The third kappa shape index (κ3) is 6.07. The van der Waals surface area contributed by atoms with Crippen LogP contribution in [0.3, 0.4) is 0 Å². The van der Waals surface area contributed by atoms with Crippen molar-refractivity contribution in [2.45, 2.75) is 11.8 Å². The summed E-state index contributed by atoms with van der Waals surface area (Å²) in [5, 5.41) is 18.7. The minimum absolute atomic E-state index is 0.0430. The number of nitro benzene ring substituents is 1. The van der Waals surface area contributed by atoms with E-state index >= 15 is 0 Å². The second kappa shape index (κ2) is 12.4. The average molecular weight is 576 g/mol. The van der Waals surface area contributed by atoms with E-state index < -0.39 is 31.4 Å². The first-order valence-electron chi connectivity index (χ1n) is 12.2. The van der Waals surface area contributed by atoms with Crippen LogP contribution in [-0.4, -0.2) is 87.0 Å². The van der Waals surface area contributed by atoms with Crippen molar-refractivity contribution in [3.05, 3.63) is 63.8 Å². The van der Waals surface area contributed by atoms with Crippen LogP contribution in [-0.2, 0) is 19.5 Å². The first-order valence-corrected chi connectivity index (χ1v) is 13.7. The standard InChI is InChI=1S/C25H29N5O9S/c1-17-23(24(31)26-10-13-36-2)27-29(18-4-7-20(37-3)8-5-18)25(17)39-21-9-6-19(30(32)33)16-22(21)40(34,35)28-11-14-38-15-12-28/h4-9,16H,10-15H2,1-3H3,(H,26,31). The molecule has 0 bridgehead atoms. The first kappa shape index (κ1) is 28.9. The van der Waals surface area contributed by atoms with Crippen LogP contribution in [0.2, 0.25) is 0 Å². The summed E-state index contributed by atoms with van der Waals surface area (Å²) >= 11 is 0. The molecule has 1 saturated heterocycles. The molecular formula is C25H29N5O9S. The van der Waals surface area contributed by atoms with Gasteiger partial charge in [0.05, 0.1) is 37.5 Å². The SMILES string of the molecule is COCCNC(=O)c1nn(-c2ccc(OC)cc2)c(Oc2ccc([N+](=O)[O-])cc2S(=O)(=O)N2CCOCC2)c1C. The summed E-state index contributed by atoms with van der Waals surface area (Å²) in [5.41, 5.74) is 0.437. The van der Waals surface area contributed by atoms with Gasteiger partial charge in [-0.3, -0.25) is 14.9 Å². The van der Waals surface area contributed by atoms with Crippen molar-refractivity contribution < 1.29 is 37.1 Å². The predicted octanol–water partition coefficient (Wildman–Crippen LogP) is 2.29. The van der Waals surface area contributed by atoms with Crippen LogP contribution in [0.4, 0.5) is 5.69 Å². The van der Waals surface area contributed by atoms with E-state index in [1.807, 2.05) is 0 Å². The number of morpholine rings is 1. The smallest absolute Gasteiger partial charge is 0.272 e. The molecule has 2 aromatic carbocycles. The maximum absolute atomic E-state index is 13.6. The fraction of sp³-hybridized carbons (Fsp3) is 0.360. The quantitative estimate of drug-likeness (QED) is 0.204. The number of carbonyl (C=O) groups is 1. The number of aromatic nitrogens is 2. The highest BCUT2D eigenvalue weighted by molar-refractivity contribution is 7.89. The highest BCUT2D eigenvalue weighted by Gasteiger charge is 2.32. The van der Waals surface area contributed by atoms with Gasteiger partial charge in [0, 0.05) is 44.4 Å². The number of amides is 1. The summed E-state index contributed by atoms with van der Waals surface area (Å²) in [6.07, 6.45) is 0. The van der Waals surface area contributed by atoms with E-state index in [0.29, 0.717) is 23.6 Å². The lowest BCUT2D eigenvalue weighted by atomic mass is 10.2. The van der Waals surface area contributed by atoms with Gasteiger partial charge in [0.25, 0.3) is 11.6 Å². The number of nitrogens with one attached hydrogen (secondary N) is 1. The van der Waals surface area contributed by atoms with E-state index in [1.54, 1.807) is 31.2 Å². The maximum atomic E-state index is 13.6. The van der Waals surface area contributed by atoms with Crippen molar-refractivity contribution in [2.75, 3.05) is 53.7 Å². The number of carbonyl (C=O) groups excluding carboxylic acids is 1. The number of non-ortho nitro benzene ring substituents is 1. The second-order valence-electron chi connectivity index (χ2n) is 8.64. The molecule has 1 fully saturated rings. The Bertz CT molecular complexity index is 1480. The van der Waals surface area contributed by atoms with Crippen molar-refractivity contribution in [3.8, 4) is 23.1 Å². The molecule has 14 nitrogen and oxygen atoms in total. The first-order chi connectivity index (χ1) is 19.2. The Balaban J connectivity index is 1.83. The Morgan fingerprint density at radius 2 is 1.85 bits per heavy atom. The van der Waals surface area contributed by atoms with Crippen molar-refractivity contribution >= 4 is 21.6 Å². The van der Waals surface area contributed by atoms with Crippen molar-refractivity contribution in [2.24, 2.45) is 0 Å². The minimum Gasteiger partial charge on any atom is -0.497 e. The zero-order chi connectivity index (χ0) is 28.9. The summed E-state index contributed by atoms with van der Waals surface area (Å²) in [7, 11) is -1.18. The van der Waals surface area contributed by atoms with Gasteiger partial charge in [-0.1, -0.05) is 0 Å². The lowest BCUT2D eigenvalue weighted by Gasteiger charge is -2.26. The number of rotatable bonds is 11. The molecule has 1 aliphatic rings. The predicted molar refractivity (Wildman–Crippen MR) is 142 cm³/mol. The number of sulfonamides is 1. The molecule has 0 radical (unpaired) electrons. The molecule has 3 aromatic rings. The van der Waals surface area contributed by atoms with Gasteiger partial charge in [-0.25, -0.2) is 8.42 Å². The van der Waals surface area contributed by atoms with E-state index in [4.69, 9.17) is 18.9 Å². The van der Waals surface area contributed by atoms with Gasteiger partial charge in [-0.05, 0) is 37.3 Å². The van der Waals surface area contributed by atoms with Crippen LogP contribution in [0.1, 0.15) is 16.1 Å². The number of hydrogen-bond donors (Lipinski definition) is 1. The molecule has 0 aliphatic carbocycles. The third-order valence-electron chi connectivity index (χ3n) is 6.12. The normalized spacial score (nSPS) is 14.1. The highest BCUT2D eigenvalue weighted by Crippen LogP contribution is 2.37. The van der Waals surface area contributed by atoms with Crippen LogP contribution in [0.25, 0.3) is 5.69 Å². The fourth-order valence-electron chi connectivity index (χ4n) is 3.99. The van der Waals surface area contributed by atoms with E-state index in [-0.39, 0.29) is 50.2 Å². The molecule has 1 amide bonds. The number of nitro groups is 1. The van der Waals surface area contributed by atoms with E-state index in [2.05, 4.69) is 10.4 Å². The molecule has 0 unspecified atom stereocenters. The third-order valence-corrected chi connectivity index (χ3v) is 8.04. The van der Waals surface area contributed by atoms with E-state index in [9.17, 15) is 23.3 Å². The Morgan fingerprint density at radius 3 is 2.48 bits per heavy atom. The zero-order valence-corrected chi connectivity index (χ0v) is 23.0. The Kier molecular flexibility index (Phi) is 8.99. The number of methoxy groups -OCH3 is 2.